The molecule has 0 amide bonds. The summed E-state index contributed by atoms with van der Waals surface area (Å²) in [4.78, 5) is 38.3. The maximum absolute atomic E-state index is 12.9. The first-order valence-electron chi connectivity index (χ1n) is 32.1. The quantitative estimate of drug-likeness (QED) is 0.0261. The molecule has 0 saturated heterocycles. The van der Waals surface area contributed by atoms with Crippen molar-refractivity contribution >= 4 is 17.9 Å². The maximum atomic E-state index is 12.9. The summed E-state index contributed by atoms with van der Waals surface area (Å²) in [5.74, 6) is -0.922. The predicted octanol–water partition coefficient (Wildman–Crippen LogP) is 21.9. The molecule has 0 heterocycles. The molecule has 0 aromatic heterocycles. The molecule has 0 spiro atoms. The van der Waals surface area contributed by atoms with Gasteiger partial charge in [-0.15, -0.1) is 0 Å². The van der Waals surface area contributed by atoms with Crippen LogP contribution in [0, 0.1) is 0 Å². The molecule has 1 unspecified atom stereocenters. The van der Waals surface area contributed by atoms with Crippen molar-refractivity contribution in [2.24, 2.45) is 0 Å². The molecule has 0 saturated carbocycles. The molecule has 0 aliphatic heterocycles. The lowest BCUT2D eigenvalue weighted by molar-refractivity contribution is -0.167. The van der Waals surface area contributed by atoms with Crippen molar-refractivity contribution < 1.29 is 28.6 Å². The van der Waals surface area contributed by atoms with Gasteiger partial charge in [-0.05, 0) is 96.3 Å². The van der Waals surface area contributed by atoms with Gasteiger partial charge in [0.1, 0.15) is 13.2 Å². The molecule has 0 bridgehead atoms. The van der Waals surface area contributed by atoms with Crippen LogP contribution in [0.1, 0.15) is 316 Å². The highest BCUT2D eigenvalue weighted by Crippen LogP contribution is 2.16. The van der Waals surface area contributed by atoms with Crippen LogP contribution in [-0.2, 0) is 28.6 Å². The van der Waals surface area contributed by atoms with Crippen molar-refractivity contribution in [2.75, 3.05) is 13.2 Å². The third kappa shape index (κ3) is 61.3. The van der Waals surface area contributed by atoms with E-state index in [9.17, 15) is 14.4 Å². The van der Waals surface area contributed by atoms with Crippen molar-refractivity contribution in [1.82, 2.24) is 0 Å². The van der Waals surface area contributed by atoms with Gasteiger partial charge < -0.3 is 14.2 Å². The standard InChI is InChI=1S/C69H120O6/c1-4-7-10-13-16-19-22-25-28-29-30-31-32-33-34-35-36-37-38-39-42-44-47-50-53-56-59-62-68(71)74-65-66(75-69(72)63-60-57-54-51-48-45-41-27-24-21-18-15-12-9-6-3)64-73-67(70)61-58-55-52-49-46-43-40-26-23-20-17-14-11-8-5-2/h9,12,18,21-22,25,27,29-30,32-33,41,48,51,66H,4-8,10-11,13-17,19-20,23-24,26,28,31,34-40,42-47,49-50,52-65H2,1-3H3/b12-9-,21-18-,25-22-,30-29-,33-32-,41-27-,51-48-. The van der Waals surface area contributed by atoms with Gasteiger partial charge in [0, 0.05) is 19.3 Å². The maximum Gasteiger partial charge on any atom is 0.306 e. The monoisotopic (exact) mass is 1040 g/mol. The number of ether oxygens (including phenoxy) is 3. The predicted molar refractivity (Wildman–Crippen MR) is 325 cm³/mol. The number of unbranched alkanes of at least 4 members (excludes halogenated alkanes) is 33. The highest BCUT2D eigenvalue weighted by molar-refractivity contribution is 5.71. The molecular weight excluding hydrogens is 925 g/mol. The number of allylic oxidation sites excluding steroid dienone is 14. The highest BCUT2D eigenvalue weighted by atomic mass is 16.6. The van der Waals surface area contributed by atoms with Gasteiger partial charge in [-0.1, -0.05) is 286 Å². The fourth-order valence-electron chi connectivity index (χ4n) is 9.09. The zero-order valence-corrected chi connectivity index (χ0v) is 49.6. The van der Waals surface area contributed by atoms with Crippen LogP contribution in [0.5, 0.6) is 0 Å². The average Bonchev–Trinajstić information content (AvgIpc) is 3.41. The van der Waals surface area contributed by atoms with Crippen LogP contribution in [0.15, 0.2) is 85.1 Å². The van der Waals surface area contributed by atoms with Crippen LogP contribution in [0.4, 0.5) is 0 Å². The first-order chi connectivity index (χ1) is 37.0. The Morgan fingerprint density at radius 3 is 0.840 bits per heavy atom. The Bertz CT molecular complexity index is 1430. The SMILES string of the molecule is CC/C=C\C/C=C\C/C=C\C/C=C\CCCCC(=O)OC(COC(=O)CCCCCCCCCCCCCC/C=C\C/C=C\C/C=C\CCCCCCC)COC(=O)CCCCCCCCCCCCCCCCC. The fraction of sp³-hybridized carbons (Fsp3) is 0.754. The molecule has 0 radical (unpaired) electrons. The van der Waals surface area contributed by atoms with Gasteiger partial charge in [-0.25, -0.2) is 0 Å². The summed E-state index contributed by atoms with van der Waals surface area (Å²) in [6.45, 7) is 6.51. The Morgan fingerprint density at radius 2 is 0.520 bits per heavy atom. The molecule has 0 aromatic rings. The van der Waals surface area contributed by atoms with Crippen LogP contribution in [0.3, 0.4) is 0 Å². The molecule has 0 rings (SSSR count). The lowest BCUT2D eigenvalue weighted by atomic mass is 10.0. The van der Waals surface area contributed by atoms with E-state index in [1.165, 1.54) is 180 Å². The summed E-state index contributed by atoms with van der Waals surface area (Å²) in [6.07, 6.45) is 83.1. The van der Waals surface area contributed by atoms with E-state index in [4.69, 9.17) is 14.2 Å². The Morgan fingerprint density at radius 1 is 0.280 bits per heavy atom. The second kappa shape index (κ2) is 63.1. The zero-order valence-electron chi connectivity index (χ0n) is 49.6. The molecule has 0 fully saturated rings. The molecule has 0 aliphatic rings. The van der Waals surface area contributed by atoms with Crippen LogP contribution in [0.25, 0.3) is 0 Å². The smallest absolute Gasteiger partial charge is 0.306 e. The third-order valence-electron chi connectivity index (χ3n) is 13.9. The number of esters is 3. The van der Waals surface area contributed by atoms with Crippen LogP contribution >= 0.6 is 0 Å². The van der Waals surface area contributed by atoms with E-state index in [1.54, 1.807) is 0 Å². The van der Waals surface area contributed by atoms with Crippen molar-refractivity contribution in [3.8, 4) is 0 Å². The second-order valence-corrected chi connectivity index (χ2v) is 21.3. The van der Waals surface area contributed by atoms with E-state index in [1.807, 2.05) is 0 Å². The first-order valence-corrected chi connectivity index (χ1v) is 32.1. The highest BCUT2D eigenvalue weighted by Gasteiger charge is 2.19. The lowest BCUT2D eigenvalue weighted by Gasteiger charge is -2.18. The molecule has 75 heavy (non-hydrogen) atoms. The zero-order chi connectivity index (χ0) is 54.3. The summed E-state index contributed by atoms with van der Waals surface area (Å²) in [5, 5.41) is 0. The van der Waals surface area contributed by atoms with E-state index in [0.29, 0.717) is 19.3 Å². The Labute approximate surface area is 465 Å². The number of carbonyl (C=O) groups is 3. The second-order valence-electron chi connectivity index (χ2n) is 21.3. The van der Waals surface area contributed by atoms with E-state index in [-0.39, 0.29) is 37.5 Å². The Kier molecular flexibility index (Phi) is 60.3. The third-order valence-corrected chi connectivity index (χ3v) is 13.9. The van der Waals surface area contributed by atoms with E-state index in [0.717, 1.165) is 89.9 Å². The minimum absolute atomic E-state index is 0.0908. The largest absolute Gasteiger partial charge is 0.462 e. The fourth-order valence-corrected chi connectivity index (χ4v) is 9.09. The molecule has 432 valence electrons. The summed E-state index contributed by atoms with van der Waals surface area (Å²) in [5.41, 5.74) is 0. The minimum atomic E-state index is -0.798. The summed E-state index contributed by atoms with van der Waals surface area (Å²) in [7, 11) is 0. The van der Waals surface area contributed by atoms with Crippen LogP contribution < -0.4 is 0 Å². The molecule has 0 aliphatic carbocycles. The van der Waals surface area contributed by atoms with Crippen molar-refractivity contribution in [3.05, 3.63) is 85.1 Å². The normalized spacial score (nSPS) is 12.6. The summed E-state index contributed by atoms with van der Waals surface area (Å²) >= 11 is 0. The van der Waals surface area contributed by atoms with Crippen LogP contribution in [0.2, 0.25) is 0 Å². The Hall–Kier alpha value is -3.41. The summed E-state index contributed by atoms with van der Waals surface area (Å²) < 4.78 is 16.9. The van der Waals surface area contributed by atoms with Gasteiger partial charge in [0.25, 0.3) is 0 Å². The first kappa shape index (κ1) is 71.6. The number of carbonyl (C=O) groups excluding carboxylic acids is 3. The summed E-state index contributed by atoms with van der Waals surface area (Å²) in [6, 6.07) is 0. The van der Waals surface area contributed by atoms with Gasteiger partial charge >= 0.3 is 17.9 Å². The molecule has 6 nitrogen and oxygen atoms in total. The van der Waals surface area contributed by atoms with E-state index >= 15 is 0 Å². The molecule has 1 atom stereocenters. The molecule has 6 heteroatoms. The van der Waals surface area contributed by atoms with Gasteiger partial charge in [0.2, 0.25) is 0 Å². The van der Waals surface area contributed by atoms with Gasteiger partial charge in [-0.3, -0.25) is 14.4 Å². The number of hydrogen-bond donors (Lipinski definition) is 0. The van der Waals surface area contributed by atoms with Gasteiger partial charge in [0.15, 0.2) is 6.10 Å². The van der Waals surface area contributed by atoms with E-state index in [2.05, 4.69) is 106 Å². The van der Waals surface area contributed by atoms with Crippen molar-refractivity contribution in [1.29, 1.82) is 0 Å². The minimum Gasteiger partial charge on any atom is -0.462 e. The van der Waals surface area contributed by atoms with Gasteiger partial charge in [-0.2, -0.15) is 0 Å². The van der Waals surface area contributed by atoms with Crippen molar-refractivity contribution in [2.45, 2.75) is 322 Å². The number of hydrogen-bond acceptors (Lipinski definition) is 6. The Balaban J connectivity index is 4.31. The van der Waals surface area contributed by atoms with Crippen LogP contribution in [-0.4, -0.2) is 37.2 Å². The van der Waals surface area contributed by atoms with Crippen molar-refractivity contribution in [3.63, 3.8) is 0 Å². The molecular formula is C69H120O6. The van der Waals surface area contributed by atoms with Gasteiger partial charge in [0.05, 0.1) is 0 Å². The topological polar surface area (TPSA) is 78.9 Å². The van der Waals surface area contributed by atoms with E-state index < -0.39 is 6.10 Å². The molecule has 0 aromatic carbocycles. The average molecular weight is 1050 g/mol. The lowest BCUT2D eigenvalue weighted by Crippen LogP contribution is -2.30. The number of rotatable bonds is 58. The molecule has 0 N–H and O–H groups in total.